The van der Waals surface area contributed by atoms with Gasteiger partial charge in [-0.25, -0.2) is 0 Å². The van der Waals surface area contributed by atoms with Gasteiger partial charge in [0.2, 0.25) is 11.2 Å². The van der Waals surface area contributed by atoms with Crippen LogP contribution < -0.4 is 5.43 Å². The van der Waals surface area contributed by atoms with Gasteiger partial charge in [-0.15, -0.1) is 0 Å². The van der Waals surface area contributed by atoms with Crippen LogP contribution in [0.3, 0.4) is 0 Å². The molecule has 0 unspecified atom stereocenters. The third-order valence-corrected chi connectivity index (χ3v) is 4.89. The van der Waals surface area contributed by atoms with Gasteiger partial charge in [0.05, 0.1) is 0 Å². The minimum absolute atomic E-state index is 0.0251. The van der Waals surface area contributed by atoms with E-state index in [0.717, 1.165) is 29.4 Å². The summed E-state index contributed by atoms with van der Waals surface area (Å²) in [6.07, 6.45) is 5.73. The second kappa shape index (κ2) is 5.30. The molecule has 1 heterocycles. The van der Waals surface area contributed by atoms with E-state index in [1.807, 2.05) is 6.07 Å². The maximum atomic E-state index is 11.8. The van der Waals surface area contributed by atoms with Gasteiger partial charge in [0.25, 0.3) is 0 Å². The van der Waals surface area contributed by atoms with E-state index >= 15 is 0 Å². The van der Waals surface area contributed by atoms with E-state index in [9.17, 15) is 15.0 Å². The molecule has 0 bridgehead atoms. The molecule has 0 aromatic heterocycles. The van der Waals surface area contributed by atoms with Gasteiger partial charge >= 0.3 is 0 Å². The van der Waals surface area contributed by atoms with E-state index in [-0.39, 0.29) is 17.3 Å². The van der Waals surface area contributed by atoms with Gasteiger partial charge in [-0.2, -0.15) is 0 Å². The van der Waals surface area contributed by atoms with Crippen LogP contribution in [0.25, 0.3) is 22.3 Å². The third kappa shape index (κ3) is 2.17. The highest BCUT2D eigenvalue weighted by atomic mass is 16.4. The fourth-order valence-corrected chi connectivity index (χ4v) is 3.79. The Bertz CT molecular complexity index is 903. The Morgan fingerprint density at radius 1 is 1.00 bits per heavy atom. The molecular weight excluding hydrogens is 292 g/mol. The van der Waals surface area contributed by atoms with Gasteiger partial charge in [0.1, 0.15) is 0 Å². The van der Waals surface area contributed by atoms with Crippen LogP contribution in [0.5, 0.6) is 11.5 Å². The summed E-state index contributed by atoms with van der Waals surface area (Å²) >= 11 is 0. The average Bonchev–Trinajstić information content (AvgIpc) is 2.58. The summed E-state index contributed by atoms with van der Waals surface area (Å²) in [4.78, 5) is 11.8. The number of phenolic OH excluding ortho intramolecular Hbond substituents is 2. The molecule has 0 atom stereocenters. The van der Waals surface area contributed by atoms with Crippen molar-refractivity contribution in [2.24, 2.45) is 0 Å². The number of aromatic hydroxyl groups is 2. The van der Waals surface area contributed by atoms with Crippen LogP contribution >= 0.6 is 0 Å². The summed E-state index contributed by atoms with van der Waals surface area (Å²) in [5.41, 5.74) is 1.71. The number of para-hydroxylation sites is 1. The van der Waals surface area contributed by atoms with Crippen LogP contribution in [0.15, 0.2) is 39.5 Å². The monoisotopic (exact) mass is 310 g/mol. The normalized spacial score (nSPS) is 16.2. The SMILES string of the molecule is O=c1ccc2c(C3CCCCC3)c3cccc(O)c3oc-2c1O. The van der Waals surface area contributed by atoms with Crippen LogP contribution in [-0.2, 0) is 0 Å². The Kier molecular flexibility index (Phi) is 3.26. The van der Waals surface area contributed by atoms with Crippen molar-refractivity contribution in [3.05, 3.63) is 46.1 Å². The number of benzene rings is 2. The van der Waals surface area contributed by atoms with Crippen molar-refractivity contribution < 1.29 is 14.6 Å². The number of phenols is 2. The second-order valence-corrected chi connectivity index (χ2v) is 6.29. The number of fused-ring (bicyclic) bond motifs is 2. The minimum atomic E-state index is -0.467. The molecule has 4 nitrogen and oxygen atoms in total. The fourth-order valence-electron chi connectivity index (χ4n) is 3.79. The Balaban J connectivity index is 2.12. The van der Waals surface area contributed by atoms with Gasteiger partial charge in [0, 0.05) is 10.9 Å². The Hall–Kier alpha value is -2.49. The van der Waals surface area contributed by atoms with E-state index in [2.05, 4.69) is 0 Å². The van der Waals surface area contributed by atoms with Gasteiger partial charge in [-0.05, 0) is 42.5 Å². The van der Waals surface area contributed by atoms with Crippen LogP contribution in [0, 0.1) is 0 Å². The Labute approximate surface area is 133 Å². The van der Waals surface area contributed by atoms with Gasteiger partial charge in [-0.1, -0.05) is 31.4 Å². The maximum Gasteiger partial charge on any atom is 0.224 e. The predicted octanol–water partition coefficient (Wildman–Crippen LogP) is 4.36. The molecule has 118 valence electrons. The van der Waals surface area contributed by atoms with Crippen molar-refractivity contribution in [1.29, 1.82) is 0 Å². The zero-order valence-electron chi connectivity index (χ0n) is 12.7. The number of hydrogen-bond acceptors (Lipinski definition) is 4. The van der Waals surface area contributed by atoms with E-state index in [1.165, 1.54) is 25.3 Å². The molecule has 2 aliphatic carbocycles. The molecular formula is C19H18O4. The van der Waals surface area contributed by atoms with Crippen LogP contribution in [-0.4, -0.2) is 10.2 Å². The van der Waals surface area contributed by atoms with Crippen molar-refractivity contribution in [2.75, 3.05) is 0 Å². The highest BCUT2D eigenvalue weighted by Crippen LogP contribution is 2.46. The van der Waals surface area contributed by atoms with Gasteiger partial charge in [-0.3, -0.25) is 4.79 Å². The van der Waals surface area contributed by atoms with Crippen molar-refractivity contribution in [2.45, 2.75) is 38.0 Å². The smallest absolute Gasteiger partial charge is 0.224 e. The molecule has 3 aliphatic rings. The quantitative estimate of drug-likeness (QED) is 0.655. The van der Waals surface area contributed by atoms with Crippen LogP contribution in [0.4, 0.5) is 0 Å². The van der Waals surface area contributed by atoms with Crippen molar-refractivity contribution in [3.63, 3.8) is 0 Å². The van der Waals surface area contributed by atoms with E-state index in [1.54, 1.807) is 18.2 Å². The lowest BCUT2D eigenvalue weighted by molar-refractivity contribution is 0.431. The van der Waals surface area contributed by atoms with Crippen molar-refractivity contribution in [3.8, 4) is 22.8 Å². The molecule has 1 fully saturated rings. The molecule has 0 saturated heterocycles. The first-order chi connectivity index (χ1) is 11.2. The van der Waals surface area contributed by atoms with Crippen LogP contribution in [0.1, 0.15) is 43.6 Å². The molecule has 1 aromatic carbocycles. The highest BCUT2D eigenvalue weighted by Gasteiger charge is 2.27. The van der Waals surface area contributed by atoms with Crippen molar-refractivity contribution in [1.82, 2.24) is 0 Å². The lowest BCUT2D eigenvalue weighted by atomic mass is 9.80. The van der Waals surface area contributed by atoms with E-state index in [0.29, 0.717) is 11.5 Å². The second-order valence-electron chi connectivity index (χ2n) is 6.29. The summed E-state index contributed by atoms with van der Waals surface area (Å²) in [6, 6.07) is 8.40. The molecule has 2 N–H and O–H groups in total. The summed E-state index contributed by atoms with van der Waals surface area (Å²) in [6.45, 7) is 0. The summed E-state index contributed by atoms with van der Waals surface area (Å²) in [7, 11) is 0. The molecule has 0 radical (unpaired) electrons. The predicted molar refractivity (Wildman–Crippen MR) is 88.3 cm³/mol. The topological polar surface area (TPSA) is 70.7 Å². The lowest BCUT2D eigenvalue weighted by Crippen LogP contribution is -2.09. The molecule has 1 aliphatic heterocycles. The number of hydrogen-bond donors (Lipinski definition) is 2. The summed E-state index contributed by atoms with van der Waals surface area (Å²) < 4.78 is 5.72. The van der Waals surface area contributed by atoms with Crippen molar-refractivity contribution >= 4 is 11.0 Å². The first kappa shape index (κ1) is 14.1. The highest BCUT2D eigenvalue weighted by molar-refractivity contribution is 5.92. The lowest BCUT2D eigenvalue weighted by Gasteiger charge is -2.26. The first-order valence-electron chi connectivity index (χ1n) is 8.07. The van der Waals surface area contributed by atoms with Crippen LogP contribution in [0.2, 0.25) is 0 Å². The first-order valence-corrected chi connectivity index (χ1v) is 8.07. The molecule has 1 saturated carbocycles. The summed E-state index contributed by atoms with van der Waals surface area (Å²) in [5.74, 6) is 0.165. The fraction of sp³-hybridized carbons (Fsp3) is 0.316. The molecule has 4 rings (SSSR count). The average molecular weight is 310 g/mol. The van der Waals surface area contributed by atoms with E-state index in [4.69, 9.17) is 4.42 Å². The number of rotatable bonds is 1. The maximum absolute atomic E-state index is 11.8. The third-order valence-electron chi connectivity index (χ3n) is 4.89. The zero-order chi connectivity index (χ0) is 16.0. The molecule has 4 heteroatoms. The largest absolute Gasteiger partial charge is 0.504 e. The Morgan fingerprint density at radius 3 is 2.57 bits per heavy atom. The standard InChI is InChI=1S/C19H18O4/c20-14-10-9-13-16(11-5-2-1-3-6-11)12-7-4-8-15(21)18(12)23-19(13)17(14)22/h4,7-11,21-22H,1-3,5-6H2. The van der Waals surface area contributed by atoms with Gasteiger partial charge in [0.15, 0.2) is 17.1 Å². The zero-order valence-corrected chi connectivity index (χ0v) is 12.7. The Morgan fingerprint density at radius 2 is 1.78 bits per heavy atom. The molecule has 23 heavy (non-hydrogen) atoms. The van der Waals surface area contributed by atoms with E-state index < -0.39 is 5.43 Å². The molecule has 1 aromatic rings. The molecule has 0 spiro atoms. The van der Waals surface area contributed by atoms with Gasteiger partial charge < -0.3 is 14.6 Å². The minimum Gasteiger partial charge on any atom is -0.504 e. The summed E-state index contributed by atoms with van der Waals surface area (Å²) in [5, 5.41) is 21.2. The molecule has 0 amide bonds.